The Bertz CT molecular complexity index is 354. The Labute approximate surface area is 113 Å². The SMILES string of the molecule is CC(C)C(O)CCNC(=O)CSc1ccccc1. The molecule has 0 heterocycles. The number of hydrogen-bond donors (Lipinski definition) is 2. The van der Waals surface area contributed by atoms with E-state index >= 15 is 0 Å². The van der Waals surface area contributed by atoms with E-state index < -0.39 is 0 Å². The molecule has 1 aromatic rings. The zero-order chi connectivity index (χ0) is 13.4. The van der Waals surface area contributed by atoms with Crippen molar-refractivity contribution in [2.75, 3.05) is 12.3 Å². The van der Waals surface area contributed by atoms with Gasteiger partial charge in [-0.2, -0.15) is 0 Å². The first-order valence-corrected chi connectivity index (χ1v) is 7.20. The predicted octanol–water partition coefficient (Wildman–Crippen LogP) is 2.30. The maximum atomic E-state index is 11.6. The van der Waals surface area contributed by atoms with Crippen LogP contribution in [-0.4, -0.2) is 29.4 Å². The first-order chi connectivity index (χ1) is 8.59. The second-order valence-electron chi connectivity index (χ2n) is 4.55. The summed E-state index contributed by atoms with van der Waals surface area (Å²) in [6.07, 6.45) is 0.270. The van der Waals surface area contributed by atoms with Crippen molar-refractivity contribution < 1.29 is 9.90 Å². The molecule has 0 fully saturated rings. The number of rotatable bonds is 7. The highest BCUT2D eigenvalue weighted by Gasteiger charge is 2.09. The summed E-state index contributed by atoms with van der Waals surface area (Å²) in [5.74, 6) is 0.669. The second-order valence-corrected chi connectivity index (χ2v) is 5.60. The van der Waals surface area contributed by atoms with E-state index in [1.807, 2.05) is 44.2 Å². The molecular formula is C14H21NO2S. The van der Waals surface area contributed by atoms with Gasteiger partial charge in [-0.15, -0.1) is 11.8 Å². The lowest BCUT2D eigenvalue weighted by molar-refractivity contribution is -0.118. The fourth-order valence-electron chi connectivity index (χ4n) is 1.41. The Balaban J connectivity index is 2.15. The first-order valence-electron chi connectivity index (χ1n) is 6.22. The normalized spacial score (nSPS) is 12.4. The molecule has 1 atom stereocenters. The van der Waals surface area contributed by atoms with Crippen LogP contribution in [0.5, 0.6) is 0 Å². The predicted molar refractivity (Wildman–Crippen MR) is 75.6 cm³/mol. The number of nitrogens with one attached hydrogen (secondary N) is 1. The Morgan fingerprint density at radius 3 is 2.61 bits per heavy atom. The number of aliphatic hydroxyl groups is 1. The van der Waals surface area contributed by atoms with E-state index in [9.17, 15) is 9.90 Å². The lowest BCUT2D eigenvalue weighted by atomic mass is 10.0. The molecule has 0 saturated heterocycles. The third kappa shape index (κ3) is 6.07. The minimum atomic E-state index is -0.341. The van der Waals surface area contributed by atoms with Crippen LogP contribution in [0.3, 0.4) is 0 Å². The summed E-state index contributed by atoms with van der Waals surface area (Å²) >= 11 is 1.52. The van der Waals surface area contributed by atoms with Gasteiger partial charge in [0, 0.05) is 11.4 Å². The Morgan fingerprint density at radius 1 is 1.33 bits per heavy atom. The highest BCUT2D eigenvalue weighted by atomic mass is 32.2. The molecule has 0 aromatic heterocycles. The lowest BCUT2D eigenvalue weighted by Gasteiger charge is -2.14. The maximum Gasteiger partial charge on any atom is 0.230 e. The standard InChI is InChI=1S/C14H21NO2S/c1-11(2)13(16)8-9-15-14(17)10-18-12-6-4-3-5-7-12/h3-7,11,13,16H,8-10H2,1-2H3,(H,15,17). The fourth-order valence-corrected chi connectivity index (χ4v) is 2.16. The van der Waals surface area contributed by atoms with Gasteiger partial charge in [0.1, 0.15) is 0 Å². The van der Waals surface area contributed by atoms with Crippen LogP contribution in [0.4, 0.5) is 0 Å². The van der Waals surface area contributed by atoms with Gasteiger partial charge in [0.05, 0.1) is 11.9 Å². The molecule has 2 N–H and O–H groups in total. The molecule has 0 aliphatic carbocycles. The van der Waals surface area contributed by atoms with Gasteiger partial charge in [-0.1, -0.05) is 32.0 Å². The van der Waals surface area contributed by atoms with Crippen molar-refractivity contribution in [3.05, 3.63) is 30.3 Å². The Hall–Kier alpha value is -1.00. The third-order valence-electron chi connectivity index (χ3n) is 2.64. The van der Waals surface area contributed by atoms with E-state index in [2.05, 4.69) is 5.32 Å². The van der Waals surface area contributed by atoms with Crippen molar-refractivity contribution in [1.29, 1.82) is 0 Å². The van der Waals surface area contributed by atoms with E-state index in [0.717, 1.165) is 4.90 Å². The summed E-state index contributed by atoms with van der Waals surface area (Å²) in [6, 6.07) is 9.84. The van der Waals surface area contributed by atoms with Crippen molar-refractivity contribution in [2.45, 2.75) is 31.3 Å². The summed E-state index contributed by atoms with van der Waals surface area (Å²) in [4.78, 5) is 12.6. The molecule has 0 spiro atoms. The van der Waals surface area contributed by atoms with Gasteiger partial charge in [-0.25, -0.2) is 0 Å². The zero-order valence-electron chi connectivity index (χ0n) is 10.9. The van der Waals surface area contributed by atoms with Gasteiger partial charge in [0.2, 0.25) is 5.91 Å². The van der Waals surface area contributed by atoms with Crippen LogP contribution >= 0.6 is 11.8 Å². The first kappa shape index (κ1) is 15.1. The van der Waals surface area contributed by atoms with Crippen LogP contribution < -0.4 is 5.32 Å². The topological polar surface area (TPSA) is 49.3 Å². The van der Waals surface area contributed by atoms with E-state index in [-0.39, 0.29) is 17.9 Å². The van der Waals surface area contributed by atoms with E-state index in [1.165, 1.54) is 11.8 Å². The van der Waals surface area contributed by atoms with Crippen molar-refractivity contribution in [2.24, 2.45) is 5.92 Å². The Kier molecular flexibility index (Phi) is 6.83. The van der Waals surface area contributed by atoms with Gasteiger partial charge < -0.3 is 10.4 Å². The Morgan fingerprint density at radius 2 is 2.00 bits per heavy atom. The number of benzene rings is 1. The van der Waals surface area contributed by atoms with Gasteiger partial charge in [-0.05, 0) is 24.5 Å². The van der Waals surface area contributed by atoms with Crippen LogP contribution in [-0.2, 0) is 4.79 Å². The highest BCUT2D eigenvalue weighted by molar-refractivity contribution is 8.00. The zero-order valence-corrected chi connectivity index (χ0v) is 11.7. The average Bonchev–Trinajstić information content (AvgIpc) is 2.37. The minimum absolute atomic E-state index is 0.0137. The molecule has 100 valence electrons. The average molecular weight is 267 g/mol. The molecule has 0 saturated carbocycles. The number of thioether (sulfide) groups is 1. The number of carbonyl (C=O) groups excluding carboxylic acids is 1. The van der Waals surface area contributed by atoms with Gasteiger partial charge >= 0.3 is 0 Å². The summed E-state index contributed by atoms with van der Waals surface area (Å²) in [5, 5.41) is 12.4. The number of hydrogen-bond acceptors (Lipinski definition) is 3. The second kappa shape index (κ2) is 8.16. The van der Waals surface area contributed by atoms with Crippen molar-refractivity contribution in [1.82, 2.24) is 5.32 Å². The summed E-state index contributed by atoms with van der Waals surface area (Å²) < 4.78 is 0. The molecule has 1 rings (SSSR count). The van der Waals surface area contributed by atoms with E-state index in [1.54, 1.807) is 0 Å². The maximum absolute atomic E-state index is 11.6. The van der Waals surface area contributed by atoms with Gasteiger partial charge in [0.25, 0.3) is 0 Å². The number of aliphatic hydroxyl groups excluding tert-OH is 1. The number of carbonyl (C=O) groups is 1. The number of amides is 1. The molecule has 1 aromatic carbocycles. The molecular weight excluding hydrogens is 246 g/mol. The van der Waals surface area contributed by atoms with Crippen molar-refractivity contribution in [3.8, 4) is 0 Å². The highest BCUT2D eigenvalue weighted by Crippen LogP contribution is 2.16. The van der Waals surface area contributed by atoms with Crippen LogP contribution in [0.1, 0.15) is 20.3 Å². The third-order valence-corrected chi connectivity index (χ3v) is 3.66. The lowest BCUT2D eigenvalue weighted by Crippen LogP contribution is -2.29. The molecule has 0 aliphatic rings. The van der Waals surface area contributed by atoms with E-state index in [0.29, 0.717) is 18.7 Å². The molecule has 0 bridgehead atoms. The van der Waals surface area contributed by atoms with Crippen LogP contribution in [0.25, 0.3) is 0 Å². The molecule has 3 nitrogen and oxygen atoms in total. The molecule has 0 radical (unpaired) electrons. The summed E-state index contributed by atoms with van der Waals surface area (Å²) in [5.41, 5.74) is 0. The molecule has 0 aliphatic heterocycles. The monoisotopic (exact) mass is 267 g/mol. The molecule has 4 heteroatoms. The molecule has 1 unspecified atom stereocenters. The summed E-state index contributed by atoms with van der Waals surface area (Å²) in [7, 11) is 0. The quantitative estimate of drug-likeness (QED) is 0.745. The molecule has 1 amide bonds. The molecule has 18 heavy (non-hydrogen) atoms. The van der Waals surface area contributed by atoms with E-state index in [4.69, 9.17) is 0 Å². The fraction of sp³-hybridized carbons (Fsp3) is 0.500. The van der Waals surface area contributed by atoms with Crippen molar-refractivity contribution >= 4 is 17.7 Å². The van der Waals surface area contributed by atoms with Gasteiger partial charge in [-0.3, -0.25) is 4.79 Å². The van der Waals surface area contributed by atoms with Crippen molar-refractivity contribution in [3.63, 3.8) is 0 Å². The van der Waals surface area contributed by atoms with Crippen LogP contribution in [0.2, 0.25) is 0 Å². The summed E-state index contributed by atoms with van der Waals surface area (Å²) in [6.45, 7) is 4.48. The van der Waals surface area contributed by atoms with Crippen LogP contribution in [0, 0.1) is 5.92 Å². The largest absolute Gasteiger partial charge is 0.393 e. The van der Waals surface area contributed by atoms with Gasteiger partial charge in [0.15, 0.2) is 0 Å². The minimum Gasteiger partial charge on any atom is -0.393 e. The smallest absolute Gasteiger partial charge is 0.230 e. The van der Waals surface area contributed by atoms with Crippen LogP contribution in [0.15, 0.2) is 35.2 Å².